The van der Waals surface area contributed by atoms with Gasteiger partial charge in [-0.3, -0.25) is 9.59 Å². The van der Waals surface area contributed by atoms with Gasteiger partial charge in [-0.05, 0) is 42.3 Å². The van der Waals surface area contributed by atoms with Crippen molar-refractivity contribution >= 4 is 38.6 Å². The number of aromatic amines is 1. The maximum Gasteiger partial charge on any atom is 0.239 e. The number of nitrogens with one attached hydrogen (secondary N) is 2. The van der Waals surface area contributed by atoms with Gasteiger partial charge in [0.25, 0.3) is 0 Å². The van der Waals surface area contributed by atoms with Gasteiger partial charge in [0.15, 0.2) is 5.43 Å². The molecule has 2 aromatic heterocycles. The van der Waals surface area contributed by atoms with Crippen LogP contribution in [-0.2, 0) is 17.8 Å². The number of rotatable bonds is 5. The van der Waals surface area contributed by atoms with Crippen molar-refractivity contribution in [2.24, 2.45) is 0 Å². The minimum absolute atomic E-state index is 0.00260. The summed E-state index contributed by atoms with van der Waals surface area (Å²) in [5.74, 6) is -0.0752. The molecule has 0 saturated heterocycles. The first-order chi connectivity index (χ1) is 14.7. The average molecular weight is 395 g/mol. The third-order valence-corrected chi connectivity index (χ3v) is 5.57. The second-order valence-electron chi connectivity index (χ2n) is 7.41. The van der Waals surface area contributed by atoms with Gasteiger partial charge in [0, 0.05) is 34.4 Å². The summed E-state index contributed by atoms with van der Waals surface area (Å²) < 4.78 is 1.92. The topological polar surface area (TPSA) is 66.9 Å². The highest BCUT2D eigenvalue weighted by Crippen LogP contribution is 2.19. The summed E-state index contributed by atoms with van der Waals surface area (Å²) in [4.78, 5) is 28.8. The van der Waals surface area contributed by atoms with E-state index in [0.717, 1.165) is 23.0 Å². The van der Waals surface area contributed by atoms with Gasteiger partial charge < -0.3 is 14.9 Å². The van der Waals surface area contributed by atoms with E-state index in [0.29, 0.717) is 17.3 Å². The maximum atomic E-state index is 12.8. The lowest BCUT2D eigenvalue weighted by atomic mass is 10.1. The number of carbonyl (C=O) groups excluding carboxylic acids is 1. The van der Waals surface area contributed by atoms with Crippen molar-refractivity contribution in [3.8, 4) is 0 Å². The minimum atomic E-state index is -0.0752. The number of fused-ring (bicyclic) bond motifs is 3. The Kier molecular flexibility index (Phi) is 4.56. The Hall–Kier alpha value is -3.86. The van der Waals surface area contributed by atoms with Crippen molar-refractivity contribution in [1.82, 2.24) is 14.9 Å². The predicted octanol–water partition coefficient (Wildman–Crippen LogP) is 3.99. The van der Waals surface area contributed by atoms with E-state index in [-0.39, 0.29) is 17.9 Å². The zero-order valence-electron chi connectivity index (χ0n) is 16.4. The number of nitrogens with zero attached hydrogens (tertiary/aromatic N) is 1. The Labute approximate surface area is 173 Å². The van der Waals surface area contributed by atoms with Gasteiger partial charge >= 0.3 is 0 Å². The number of para-hydroxylation sites is 3. The van der Waals surface area contributed by atoms with Gasteiger partial charge in [-0.1, -0.05) is 42.5 Å². The molecule has 0 spiro atoms. The van der Waals surface area contributed by atoms with E-state index in [1.54, 1.807) is 0 Å². The molecule has 0 radical (unpaired) electrons. The molecule has 148 valence electrons. The monoisotopic (exact) mass is 395 g/mol. The highest BCUT2D eigenvalue weighted by atomic mass is 16.2. The number of hydrogen-bond donors (Lipinski definition) is 2. The maximum absolute atomic E-state index is 12.8. The Bertz CT molecular complexity index is 1390. The normalized spacial score (nSPS) is 11.3. The van der Waals surface area contributed by atoms with Crippen LogP contribution in [0.25, 0.3) is 32.7 Å². The van der Waals surface area contributed by atoms with Gasteiger partial charge in [-0.25, -0.2) is 0 Å². The van der Waals surface area contributed by atoms with Gasteiger partial charge in [0.2, 0.25) is 5.91 Å². The molecule has 5 nitrogen and oxygen atoms in total. The molecule has 0 aliphatic rings. The molecule has 1 amide bonds. The summed E-state index contributed by atoms with van der Waals surface area (Å²) in [6, 6.07) is 23.0. The predicted molar refractivity (Wildman–Crippen MR) is 121 cm³/mol. The van der Waals surface area contributed by atoms with Crippen LogP contribution >= 0.6 is 0 Å². The van der Waals surface area contributed by atoms with Crippen LogP contribution in [0.2, 0.25) is 0 Å². The van der Waals surface area contributed by atoms with E-state index >= 15 is 0 Å². The lowest BCUT2D eigenvalue weighted by molar-refractivity contribution is -0.121. The molecule has 0 saturated carbocycles. The molecule has 5 rings (SSSR count). The Morgan fingerprint density at radius 3 is 2.13 bits per heavy atom. The molecule has 0 atom stereocenters. The van der Waals surface area contributed by atoms with Gasteiger partial charge in [-0.15, -0.1) is 0 Å². The van der Waals surface area contributed by atoms with Gasteiger partial charge in [-0.2, -0.15) is 0 Å². The molecule has 0 aliphatic carbocycles. The number of hydrogen-bond acceptors (Lipinski definition) is 2. The highest BCUT2D eigenvalue weighted by Gasteiger charge is 2.13. The lowest BCUT2D eigenvalue weighted by Crippen LogP contribution is -2.30. The summed E-state index contributed by atoms with van der Waals surface area (Å²) in [7, 11) is 0. The summed E-state index contributed by atoms with van der Waals surface area (Å²) in [6.45, 7) is 0.714. The van der Waals surface area contributed by atoms with Crippen molar-refractivity contribution in [1.29, 1.82) is 0 Å². The highest BCUT2D eigenvalue weighted by molar-refractivity contribution is 5.94. The van der Waals surface area contributed by atoms with Crippen molar-refractivity contribution in [2.45, 2.75) is 13.0 Å². The summed E-state index contributed by atoms with van der Waals surface area (Å²) >= 11 is 0. The van der Waals surface area contributed by atoms with Crippen LogP contribution in [0.4, 0.5) is 0 Å². The second kappa shape index (κ2) is 7.52. The third kappa shape index (κ3) is 3.14. The van der Waals surface area contributed by atoms with Crippen LogP contribution in [-0.4, -0.2) is 22.0 Å². The zero-order valence-corrected chi connectivity index (χ0v) is 16.4. The van der Waals surface area contributed by atoms with Crippen LogP contribution in [0, 0.1) is 0 Å². The first kappa shape index (κ1) is 18.2. The molecule has 0 fully saturated rings. The molecule has 3 aromatic carbocycles. The largest absolute Gasteiger partial charge is 0.361 e. The molecule has 30 heavy (non-hydrogen) atoms. The molecular weight excluding hydrogens is 374 g/mol. The molecule has 0 unspecified atom stereocenters. The van der Waals surface area contributed by atoms with Gasteiger partial charge in [0.05, 0.1) is 11.0 Å². The van der Waals surface area contributed by atoms with E-state index < -0.39 is 0 Å². The van der Waals surface area contributed by atoms with Crippen molar-refractivity contribution in [3.05, 3.63) is 94.8 Å². The molecule has 0 aliphatic heterocycles. The van der Waals surface area contributed by atoms with Crippen molar-refractivity contribution in [2.75, 3.05) is 6.54 Å². The first-order valence-electron chi connectivity index (χ1n) is 10.0. The quantitative estimate of drug-likeness (QED) is 0.442. The number of pyridine rings is 1. The SMILES string of the molecule is O=C(Cn1c2ccccc2c(=O)c2ccccc21)NCCc1c[nH]c2ccccc12. The molecule has 5 aromatic rings. The second-order valence-corrected chi connectivity index (χ2v) is 7.41. The van der Waals surface area contributed by atoms with E-state index in [2.05, 4.69) is 16.4 Å². The van der Waals surface area contributed by atoms with E-state index in [1.807, 2.05) is 77.5 Å². The summed E-state index contributed by atoms with van der Waals surface area (Å²) in [6.07, 6.45) is 2.75. The smallest absolute Gasteiger partial charge is 0.239 e. The average Bonchev–Trinajstić information content (AvgIpc) is 3.20. The summed E-state index contributed by atoms with van der Waals surface area (Å²) in [5, 5.41) is 5.47. The Morgan fingerprint density at radius 2 is 1.43 bits per heavy atom. The molecule has 5 heteroatoms. The van der Waals surface area contributed by atoms with Crippen molar-refractivity contribution < 1.29 is 4.79 Å². The zero-order chi connectivity index (χ0) is 20.5. The van der Waals surface area contributed by atoms with Crippen LogP contribution < -0.4 is 10.7 Å². The molecule has 2 heterocycles. The van der Waals surface area contributed by atoms with Crippen LogP contribution in [0.5, 0.6) is 0 Å². The van der Waals surface area contributed by atoms with Gasteiger partial charge in [0.1, 0.15) is 6.54 Å². The molecular formula is C25H21N3O2. The number of amides is 1. The lowest BCUT2D eigenvalue weighted by Gasteiger charge is -2.15. The number of H-pyrrole nitrogens is 1. The van der Waals surface area contributed by atoms with E-state index in [1.165, 1.54) is 10.9 Å². The molecule has 0 bridgehead atoms. The first-order valence-corrected chi connectivity index (χ1v) is 10.0. The number of aromatic nitrogens is 2. The van der Waals surface area contributed by atoms with Crippen LogP contribution in [0.15, 0.2) is 83.8 Å². The third-order valence-electron chi connectivity index (χ3n) is 5.57. The fraction of sp³-hybridized carbons (Fsp3) is 0.120. The number of carbonyl (C=O) groups is 1. The van der Waals surface area contributed by atoms with E-state index in [4.69, 9.17) is 0 Å². The fourth-order valence-electron chi connectivity index (χ4n) is 4.12. The fourth-order valence-corrected chi connectivity index (χ4v) is 4.12. The van der Waals surface area contributed by atoms with Crippen molar-refractivity contribution in [3.63, 3.8) is 0 Å². The minimum Gasteiger partial charge on any atom is -0.361 e. The Morgan fingerprint density at radius 1 is 0.833 bits per heavy atom. The number of benzene rings is 3. The standard InChI is InChI=1S/C25H21N3O2/c29-24(26-14-13-17-15-27-21-10-4-1-7-18(17)21)16-28-22-11-5-2-8-19(22)25(30)20-9-3-6-12-23(20)28/h1-12,15,27H,13-14,16H2,(H,26,29). The molecule has 2 N–H and O–H groups in total. The van der Waals surface area contributed by atoms with Crippen LogP contribution in [0.1, 0.15) is 5.56 Å². The van der Waals surface area contributed by atoms with Crippen LogP contribution in [0.3, 0.4) is 0 Å². The Balaban J connectivity index is 1.39. The summed E-state index contributed by atoms with van der Waals surface area (Å²) in [5.41, 5.74) is 3.83. The van der Waals surface area contributed by atoms with E-state index in [9.17, 15) is 9.59 Å².